The zero-order chi connectivity index (χ0) is 19.1. The number of ether oxygens (including phenoxy) is 4. The highest BCUT2D eigenvalue weighted by Gasteiger charge is 2.30. The van der Waals surface area contributed by atoms with Gasteiger partial charge in [0.15, 0.2) is 23.0 Å². The molecule has 3 heterocycles. The Morgan fingerprint density at radius 1 is 0.643 bits per heavy atom. The van der Waals surface area contributed by atoms with E-state index in [0.717, 1.165) is 11.1 Å². The summed E-state index contributed by atoms with van der Waals surface area (Å²) >= 11 is 0. The first-order valence-corrected chi connectivity index (χ1v) is 8.98. The van der Waals surface area contributed by atoms with Gasteiger partial charge >= 0.3 is 0 Å². The van der Waals surface area contributed by atoms with Gasteiger partial charge in [0.2, 0.25) is 25.4 Å². The molecule has 28 heavy (non-hydrogen) atoms. The number of amides is 2. The molecule has 0 aromatic heterocycles. The van der Waals surface area contributed by atoms with Gasteiger partial charge in [0.1, 0.15) is 13.1 Å². The number of piperazine rings is 1. The molecule has 144 valence electrons. The molecule has 0 bridgehead atoms. The molecular weight excluding hydrogens is 364 g/mol. The molecule has 3 aliphatic rings. The van der Waals surface area contributed by atoms with Crippen LogP contribution in [0, 0.1) is 0 Å². The Hall–Kier alpha value is -3.42. The van der Waals surface area contributed by atoms with Gasteiger partial charge < -0.3 is 28.7 Å². The summed E-state index contributed by atoms with van der Waals surface area (Å²) in [7, 11) is 0. The minimum Gasteiger partial charge on any atom is -0.454 e. The van der Waals surface area contributed by atoms with Crippen LogP contribution in [-0.4, -0.2) is 48.3 Å². The first-order chi connectivity index (χ1) is 13.7. The molecule has 0 saturated carbocycles. The Morgan fingerprint density at radius 2 is 1.07 bits per heavy atom. The van der Waals surface area contributed by atoms with Crippen molar-refractivity contribution in [2.75, 3.05) is 26.7 Å². The molecule has 1 saturated heterocycles. The minimum atomic E-state index is -0.0852. The van der Waals surface area contributed by atoms with Crippen molar-refractivity contribution in [2.24, 2.45) is 0 Å². The van der Waals surface area contributed by atoms with Crippen LogP contribution in [-0.2, 0) is 22.7 Å². The zero-order valence-corrected chi connectivity index (χ0v) is 15.1. The van der Waals surface area contributed by atoms with E-state index in [0.29, 0.717) is 36.1 Å². The average Bonchev–Trinajstić information content (AvgIpc) is 3.34. The lowest BCUT2D eigenvalue weighted by Gasteiger charge is -2.34. The van der Waals surface area contributed by atoms with Gasteiger partial charge in [-0.15, -0.1) is 0 Å². The molecule has 0 N–H and O–H groups in total. The number of fused-ring (bicyclic) bond motifs is 2. The third-order valence-electron chi connectivity index (χ3n) is 4.98. The Bertz CT molecular complexity index is 882. The van der Waals surface area contributed by atoms with Crippen molar-refractivity contribution in [1.29, 1.82) is 0 Å². The number of carbonyl (C=O) groups is 2. The summed E-state index contributed by atoms with van der Waals surface area (Å²) in [4.78, 5) is 28.3. The van der Waals surface area contributed by atoms with Crippen molar-refractivity contribution in [3.63, 3.8) is 0 Å². The van der Waals surface area contributed by atoms with Crippen molar-refractivity contribution in [1.82, 2.24) is 9.80 Å². The number of hydrogen-bond donors (Lipinski definition) is 0. The van der Waals surface area contributed by atoms with Gasteiger partial charge in [0, 0.05) is 13.1 Å². The Kier molecular flexibility index (Phi) is 3.96. The summed E-state index contributed by atoms with van der Waals surface area (Å²) in [6, 6.07) is 11.1. The lowest BCUT2D eigenvalue weighted by molar-refractivity contribution is -0.151. The first-order valence-electron chi connectivity index (χ1n) is 8.98. The second-order valence-electron chi connectivity index (χ2n) is 6.87. The highest BCUT2D eigenvalue weighted by molar-refractivity contribution is 5.92. The fraction of sp³-hybridized carbons (Fsp3) is 0.300. The van der Waals surface area contributed by atoms with Gasteiger partial charge in [0.25, 0.3) is 0 Å². The van der Waals surface area contributed by atoms with Gasteiger partial charge in [-0.2, -0.15) is 0 Å². The summed E-state index contributed by atoms with van der Waals surface area (Å²) in [5.41, 5.74) is 1.80. The Morgan fingerprint density at radius 3 is 1.54 bits per heavy atom. The highest BCUT2D eigenvalue weighted by Crippen LogP contribution is 2.34. The molecule has 1 fully saturated rings. The van der Waals surface area contributed by atoms with Gasteiger partial charge in [-0.1, -0.05) is 12.1 Å². The summed E-state index contributed by atoms with van der Waals surface area (Å²) < 4.78 is 21.3. The lowest BCUT2D eigenvalue weighted by atomic mass is 10.1. The number of rotatable bonds is 4. The summed E-state index contributed by atoms with van der Waals surface area (Å²) in [6.07, 6.45) is 0. The zero-order valence-electron chi connectivity index (χ0n) is 15.1. The molecule has 0 spiro atoms. The maximum absolute atomic E-state index is 12.6. The monoisotopic (exact) mass is 382 g/mol. The molecule has 2 aromatic rings. The maximum atomic E-state index is 12.6. The van der Waals surface area contributed by atoms with Crippen LogP contribution in [0.2, 0.25) is 0 Å². The van der Waals surface area contributed by atoms with E-state index in [2.05, 4.69) is 0 Å². The highest BCUT2D eigenvalue weighted by atomic mass is 16.7. The van der Waals surface area contributed by atoms with Gasteiger partial charge in [0.05, 0.1) is 0 Å². The summed E-state index contributed by atoms with van der Waals surface area (Å²) in [5.74, 6) is 2.55. The second-order valence-corrected chi connectivity index (χ2v) is 6.87. The van der Waals surface area contributed by atoms with E-state index in [9.17, 15) is 9.59 Å². The van der Waals surface area contributed by atoms with E-state index < -0.39 is 0 Å². The molecule has 8 nitrogen and oxygen atoms in total. The van der Waals surface area contributed by atoms with Crippen molar-refractivity contribution in [3.05, 3.63) is 47.5 Å². The van der Waals surface area contributed by atoms with Crippen LogP contribution in [0.5, 0.6) is 23.0 Å². The molecule has 0 atom stereocenters. The Labute approximate surface area is 161 Å². The van der Waals surface area contributed by atoms with E-state index in [1.165, 1.54) is 0 Å². The van der Waals surface area contributed by atoms with Crippen molar-refractivity contribution in [2.45, 2.75) is 13.1 Å². The van der Waals surface area contributed by atoms with Crippen molar-refractivity contribution < 1.29 is 28.5 Å². The van der Waals surface area contributed by atoms with Crippen LogP contribution in [0.3, 0.4) is 0 Å². The molecule has 2 aromatic carbocycles. The quantitative estimate of drug-likeness (QED) is 0.798. The van der Waals surface area contributed by atoms with E-state index in [1.54, 1.807) is 9.80 Å². The molecule has 8 heteroatoms. The van der Waals surface area contributed by atoms with Crippen molar-refractivity contribution in [3.8, 4) is 23.0 Å². The number of hydrogen-bond acceptors (Lipinski definition) is 6. The maximum Gasteiger partial charge on any atom is 0.242 e. The topological polar surface area (TPSA) is 77.5 Å². The predicted molar refractivity (Wildman–Crippen MR) is 96.0 cm³/mol. The van der Waals surface area contributed by atoms with Gasteiger partial charge in [-0.25, -0.2) is 0 Å². The summed E-state index contributed by atoms with van der Waals surface area (Å²) in [5, 5.41) is 0. The molecular formula is C20H18N2O6. The van der Waals surface area contributed by atoms with E-state index >= 15 is 0 Å². The largest absolute Gasteiger partial charge is 0.454 e. The molecule has 3 aliphatic heterocycles. The lowest BCUT2D eigenvalue weighted by Crippen LogP contribution is -2.52. The Balaban J connectivity index is 1.25. The molecule has 2 amide bonds. The van der Waals surface area contributed by atoms with Gasteiger partial charge in [-0.3, -0.25) is 9.59 Å². The third-order valence-corrected chi connectivity index (χ3v) is 4.98. The number of carbonyl (C=O) groups excluding carboxylic acids is 2. The minimum absolute atomic E-state index is 0.0534. The fourth-order valence-electron chi connectivity index (χ4n) is 3.51. The van der Waals surface area contributed by atoms with Crippen LogP contribution in [0.15, 0.2) is 36.4 Å². The van der Waals surface area contributed by atoms with E-state index in [4.69, 9.17) is 18.9 Å². The van der Waals surface area contributed by atoms with Crippen LogP contribution < -0.4 is 18.9 Å². The van der Waals surface area contributed by atoms with E-state index in [-0.39, 0.29) is 38.5 Å². The number of benzene rings is 2. The van der Waals surface area contributed by atoms with Gasteiger partial charge in [-0.05, 0) is 35.4 Å². The SMILES string of the molecule is O=C1CN(Cc2ccc3c(c2)OCO3)C(=O)CN1Cc1ccc2c(c1)OCO2. The second kappa shape index (κ2) is 6.63. The van der Waals surface area contributed by atoms with Crippen LogP contribution in [0.25, 0.3) is 0 Å². The van der Waals surface area contributed by atoms with E-state index in [1.807, 2.05) is 36.4 Å². The summed E-state index contributed by atoms with van der Waals surface area (Å²) in [6.45, 7) is 1.23. The smallest absolute Gasteiger partial charge is 0.242 e. The molecule has 0 radical (unpaired) electrons. The number of nitrogens with zero attached hydrogens (tertiary/aromatic N) is 2. The predicted octanol–water partition coefficient (Wildman–Crippen LogP) is 1.51. The molecule has 5 rings (SSSR count). The first kappa shape index (κ1) is 16.7. The van der Waals surface area contributed by atoms with Crippen LogP contribution >= 0.6 is 0 Å². The molecule has 0 unspecified atom stereocenters. The average molecular weight is 382 g/mol. The van der Waals surface area contributed by atoms with Crippen LogP contribution in [0.4, 0.5) is 0 Å². The van der Waals surface area contributed by atoms with Crippen LogP contribution in [0.1, 0.15) is 11.1 Å². The fourth-order valence-corrected chi connectivity index (χ4v) is 3.51. The normalized spacial score (nSPS) is 17.4. The standard InChI is InChI=1S/C20H18N2O6/c23-19-10-22(8-14-2-4-16-18(6-14)28-12-26-16)20(24)9-21(19)7-13-1-3-15-17(5-13)27-11-25-15/h1-6H,7-12H2. The molecule has 0 aliphatic carbocycles. The van der Waals surface area contributed by atoms with Crippen molar-refractivity contribution >= 4 is 11.8 Å². The third kappa shape index (κ3) is 3.06.